The number of rotatable bonds is 5. The molecule has 1 amide bonds. The second kappa shape index (κ2) is 7.00. The van der Waals surface area contributed by atoms with Gasteiger partial charge in [0.15, 0.2) is 0 Å². The topological polar surface area (TPSA) is 55.1 Å². The van der Waals surface area contributed by atoms with Crippen LogP contribution in [0.3, 0.4) is 0 Å². The van der Waals surface area contributed by atoms with Crippen molar-refractivity contribution in [3.05, 3.63) is 0 Å². The normalized spacial score (nSPS) is 26.9. The van der Waals surface area contributed by atoms with Gasteiger partial charge in [-0.05, 0) is 31.1 Å². The standard InChI is InChI=1S/C14H28N2O/c1-4-7-12(15)14(17)16-13-9-6-5-8-11(13)10(2)3/h10-13H,4-9,15H2,1-3H3,(H,16,17). The molecule has 0 radical (unpaired) electrons. The van der Waals surface area contributed by atoms with E-state index in [-0.39, 0.29) is 11.9 Å². The largest absolute Gasteiger partial charge is 0.352 e. The summed E-state index contributed by atoms with van der Waals surface area (Å²) in [6.45, 7) is 6.56. The second-order valence-corrected chi connectivity index (χ2v) is 5.70. The molecule has 0 saturated heterocycles. The van der Waals surface area contributed by atoms with E-state index in [0.29, 0.717) is 17.9 Å². The van der Waals surface area contributed by atoms with Crippen LogP contribution in [0.15, 0.2) is 0 Å². The Morgan fingerprint density at radius 3 is 2.59 bits per heavy atom. The molecule has 1 aliphatic rings. The Bertz CT molecular complexity index is 240. The summed E-state index contributed by atoms with van der Waals surface area (Å²) in [7, 11) is 0. The van der Waals surface area contributed by atoms with E-state index >= 15 is 0 Å². The van der Waals surface area contributed by atoms with Crippen molar-refractivity contribution in [3.63, 3.8) is 0 Å². The highest BCUT2D eigenvalue weighted by Gasteiger charge is 2.29. The van der Waals surface area contributed by atoms with E-state index < -0.39 is 0 Å². The fourth-order valence-electron chi connectivity index (χ4n) is 2.87. The van der Waals surface area contributed by atoms with E-state index in [1.807, 2.05) is 0 Å². The number of hydrogen-bond acceptors (Lipinski definition) is 2. The second-order valence-electron chi connectivity index (χ2n) is 5.70. The van der Waals surface area contributed by atoms with Gasteiger partial charge >= 0.3 is 0 Å². The van der Waals surface area contributed by atoms with Gasteiger partial charge in [0, 0.05) is 6.04 Å². The fraction of sp³-hybridized carbons (Fsp3) is 0.929. The van der Waals surface area contributed by atoms with Crippen molar-refractivity contribution in [2.75, 3.05) is 0 Å². The maximum absolute atomic E-state index is 11.9. The molecule has 0 aromatic carbocycles. The monoisotopic (exact) mass is 240 g/mol. The van der Waals surface area contributed by atoms with E-state index in [2.05, 4.69) is 26.1 Å². The Morgan fingerprint density at radius 1 is 1.35 bits per heavy atom. The summed E-state index contributed by atoms with van der Waals surface area (Å²) in [5.74, 6) is 1.31. The van der Waals surface area contributed by atoms with Crippen LogP contribution in [0.2, 0.25) is 0 Å². The van der Waals surface area contributed by atoms with Gasteiger partial charge in [-0.1, -0.05) is 40.0 Å². The molecular formula is C14H28N2O. The highest BCUT2D eigenvalue weighted by molar-refractivity contribution is 5.81. The van der Waals surface area contributed by atoms with E-state index in [1.54, 1.807) is 0 Å². The average Bonchev–Trinajstić information content (AvgIpc) is 2.29. The maximum atomic E-state index is 11.9. The third-order valence-corrected chi connectivity index (χ3v) is 3.94. The minimum atomic E-state index is -0.324. The summed E-state index contributed by atoms with van der Waals surface area (Å²) in [5.41, 5.74) is 5.85. The number of carbonyl (C=O) groups excluding carboxylic acids is 1. The van der Waals surface area contributed by atoms with Crippen molar-refractivity contribution < 1.29 is 4.79 Å². The number of nitrogens with two attached hydrogens (primary N) is 1. The first kappa shape index (κ1) is 14.5. The quantitative estimate of drug-likeness (QED) is 0.775. The van der Waals surface area contributed by atoms with Crippen LogP contribution in [-0.2, 0) is 4.79 Å². The number of carbonyl (C=O) groups is 1. The van der Waals surface area contributed by atoms with Gasteiger partial charge in [-0.3, -0.25) is 4.79 Å². The highest BCUT2D eigenvalue weighted by atomic mass is 16.2. The van der Waals surface area contributed by atoms with Crippen LogP contribution in [0.5, 0.6) is 0 Å². The van der Waals surface area contributed by atoms with E-state index in [1.165, 1.54) is 19.3 Å². The number of amides is 1. The summed E-state index contributed by atoms with van der Waals surface area (Å²) in [6, 6.07) is 0.0221. The minimum absolute atomic E-state index is 0.0457. The molecule has 3 unspecified atom stereocenters. The predicted octanol–water partition coefficient (Wildman–Crippen LogP) is 2.44. The fourth-order valence-corrected chi connectivity index (χ4v) is 2.87. The Morgan fingerprint density at radius 2 is 2.00 bits per heavy atom. The summed E-state index contributed by atoms with van der Waals surface area (Å²) in [5, 5.41) is 3.17. The third kappa shape index (κ3) is 4.30. The van der Waals surface area contributed by atoms with Crippen LogP contribution in [-0.4, -0.2) is 18.0 Å². The van der Waals surface area contributed by atoms with E-state index in [4.69, 9.17) is 5.73 Å². The molecule has 0 bridgehead atoms. The number of hydrogen-bond donors (Lipinski definition) is 2. The first-order chi connectivity index (χ1) is 8.06. The van der Waals surface area contributed by atoms with E-state index in [0.717, 1.165) is 19.3 Å². The lowest BCUT2D eigenvalue weighted by atomic mass is 9.77. The maximum Gasteiger partial charge on any atom is 0.237 e. The smallest absolute Gasteiger partial charge is 0.237 e. The Labute approximate surface area is 106 Å². The van der Waals surface area contributed by atoms with Gasteiger partial charge in [0.05, 0.1) is 6.04 Å². The lowest BCUT2D eigenvalue weighted by molar-refractivity contribution is -0.124. The van der Waals surface area contributed by atoms with Gasteiger partial charge in [-0.15, -0.1) is 0 Å². The minimum Gasteiger partial charge on any atom is -0.352 e. The summed E-state index contributed by atoms with van der Waals surface area (Å²) < 4.78 is 0. The zero-order chi connectivity index (χ0) is 12.8. The molecule has 1 saturated carbocycles. The van der Waals surface area contributed by atoms with Gasteiger partial charge in [0.25, 0.3) is 0 Å². The Balaban J connectivity index is 2.49. The van der Waals surface area contributed by atoms with Crippen LogP contribution >= 0.6 is 0 Å². The summed E-state index contributed by atoms with van der Waals surface area (Å²) >= 11 is 0. The summed E-state index contributed by atoms with van der Waals surface area (Å²) in [6.07, 6.45) is 6.64. The Hall–Kier alpha value is -0.570. The molecule has 17 heavy (non-hydrogen) atoms. The average molecular weight is 240 g/mol. The molecule has 0 heterocycles. The van der Waals surface area contributed by atoms with Crippen LogP contribution in [0.1, 0.15) is 59.3 Å². The lowest BCUT2D eigenvalue weighted by Crippen LogP contribution is -2.49. The van der Waals surface area contributed by atoms with Gasteiger partial charge < -0.3 is 11.1 Å². The van der Waals surface area contributed by atoms with Crippen molar-refractivity contribution in [2.24, 2.45) is 17.6 Å². The lowest BCUT2D eigenvalue weighted by Gasteiger charge is -2.35. The molecule has 0 aromatic heterocycles. The molecule has 3 atom stereocenters. The molecule has 3 nitrogen and oxygen atoms in total. The summed E-state index contributed by atoms with van der Waals surface area (Å²) in [4.78, 5) is 11.9. The van der Waals surface area contributed by atoms with Gasteiger partial charge in [0.2, 0.25) is 5.91 Å². The molecule has 100 valence electrons. The van der Waals surface area contributed by atoms with Crippen LogP contribution in [0, 0.1) is 11.8 Å². The van der Waals surface area contributed by atoms with Gasteiger partial charge in [-0.25, -0.2) is 0 Å². The van der Waals surface area contributed by atoms with Crippen LogP contribution in [0.4, 0.5) is 0 Å². The SMILES string of the molecule is CCCC(N)C(=O)NC1CCCCC1C(C)C. The molecule has 0 aromatic rings. The molecule has 3 N–H and O–H groups in total. The first-order valence-electron chi connectivity index (χ1n) is 7.12. The zero-order valence-electron chi connectivity index (χ0n) is 11.5. The molecule has 3 heteroatoms. The van der Waals surface area contributed by atoms with Crippen LogP contribution in [0.25, 0.3) is 0 Å². The molecular weight excluding hydrogens is 212 g/mol. The van der Waals surface area contributed by atoms with Gasteiger partial charge in [0.1, 0.15) is 0 Å². The molecule has 0 spiro atoms. The first-order valence-corrected chi connectivity index (χ1v) is 7.12. The van der Waals surface area contributed by atoms with E-state index in [9.17, 15) is 4.79 Å². The van der Waals surface area contributed by atoms with Gasteiger partial charge in [-0.2, -0.15) is 0 Å². The molecule has 1 rings (SSSR count). The highest BCUT2D eigenvalue weighted by Crippen LogP contribution is 2.30. The van der Waals surface area contributed by atoms with Crippen LogP contribution < -0.4 is 11.1 Å². The third-order valence-electron chi connectivity index (χ3n) is 3.94. The zero-order valence-corrected chi connectivity index (χ0v) is 11.5. The van der Waals surface area contributed by atoms with Crippen molar-refractivity contribution in [1.29, 1.82) is 0 Å². The molecule has 0 aliphatic heterocycles. The van der Waals surface area contributed by atoms with Crippen molar-refractivity contribution in [2.45, 2.75) is 71.4 Å². The van der Waals surface area contributed by atoms with Crippen molar-refractivity contribution in [3.8, 4) is 0 Å². The van der Waals surface area contributed by atoms with Crippen molar-refractivity contribution in [1.82, 2.24) is 5.32 Å². The predicted molar refractivity (Wildman–Crippen MR) is 71.6 cm³/mol. The van der Waals surface area contributed by atoms with Crippen molar-refractivity contribution >= 4 is 5.91 Å². The number of nitrogens with one attached hydrogen (secondary N) is 1. The molecule has 1 fully saturated rings. The molecule has 1 aliphatic carbocycles. The Kier molecular flexibility index (Phi) is 5.96.